The fourth-order valence-corrected chi connectivity index (χ4v) is 2.72. The number of nitrogens with zero attached hydrogens (tertiary/aromatic N) is 1. The predicted molar refractivity (Wildman–Crippen MR) is 78.1 cm³/mol. The lowest BCUT2D eigenvalue weighted by Crippen LogP contribution is -2.27. The molecule has 0 radical (unpaired) electrons. The van der Waals surface area contributed by atoms with E-state index in [0.29, 0.717) is 12.4 Å². The number of sulfonamides is 1. The molecule has 1 heterocycles. The van der Waals surface area contributed by atoms with E-state index in [1.807, 2.05) is 0 Å². The Morgan fingerprint density at radius 2 is 2.00 bits per heavy atom. The maximum absolute atomic E-state index is 12.0. The molecule has 19 heavy (non-hydrogen) atoms. The molecular weight excluding hydrogens is 286 g/mol. The fourth-order valence-electron chi connectivity index (χ4n) is 1.40. The maximum atomic E-state index is 12.0. The van der Waals surface area contributed by atoms with Crippen LogP contribution in [0.15, 0.2) is 17.2 Å². The Kier molecular flexibility index (Phi) is 5.18. The zero-order chi connectivity index (χ0) is 14.7. The molecule has 5 nitrogen and oxygen atoms in total. The van der Waals surface area contributed by atoms with Gasteiger partial charge in [0.05, 0.1) is 5.02 Å². The second-order valence-corrected chi connectivity index (χ2v) is 7.63. The van der Waals surface area contributed by atoms with Gasteiger partial charge in [-0.25, -0.2) is 18.1 Å². The number of hydrogen-bond acceptors (Lipinski definition) is 4. The van der Waals surface area contributed by atoms with Gasteiger partial charge in [0.15, 0.2) is 0 Å². The van der Waals surface area contributed by atoms with E-state index in [1.165, 1.54) is 12.3 Å². The summed E-state index contributed by atoms with van der Waals surface area (Å²) in [6.45, 7) is 6.56. The van der Waals surface area contributed by atoms with Crippen molar-refractivity contribution in [1.82, 2.24) is 9.71 Å². The Hall–Kier alpha value is -0.850. The van der Waals surface area contributed by atoms with Crippen molar-refractivity contribution in [3.8, 4) is 0 Å². The van der Waals surface area contributed by atoms with E-state index < -0.39 is 10.0 Å². The summed E-state index contributed by atoms with van der Waals surface area (Å²) in [5.74, 6) is 0.454. The zero-order valence-electron chi connectivity index (χ0n) is 11.6. The van der Waals surface area contributed by atoms with Gasteiger partial charge < -0.3 is 5.32 Å². The van der Waals surface area contributed by atoms with Gasteiger partial charge in [-0.05, 0) is 17.9 Å². The first-order chi connectivity index (χ1) is 8.65. The second-order valence-electron chi connectivity index (χ2n) is 5.46. The minimum atomic E-state index is -3.55. The summed E-state index contributed by atoms with van der Waals surface area (Å²) < 4.78 is 26.6. The van der Waals surface area contributed by atoms with Crippen molar-refractivity contribution >= 4 is 27.4 Å². The van der Waals surface area contributed by atoms with Crippen LogP contribution in [0, 0.1) is 5.41 Å². The van der Waals surface area contributed by atoms with Gasteiger partial charge in [0.1, 0.15) is 10.7 Å². The molecule has 108 valence electrons. The molecule has 7 heteroatoms. The SMILES string of the molecule is CNc1ncc(S(=O)(=O)NCCC(C)(C)C)cc1Cl. The molecule has 0 saturated carbocycles. The van der Waals surface area contributed by atoms with Crippen LogP contribution in [0.2, 0.25) is 5.02 Å². The fraction of sp³-hybridized carbons (Fsp3) is 0.583. The Bertz CT molecular complexity index is 538. The summed E-state index contributed by atoms with van der Waals surface area (Å²) in [6.07, 6.45) is 2.04. The van der Waals surface area contributed by atoms with Crippen LogP contribution in [0.4, 0.5) is 5.82 Å². The third-order valence-electron chi connectivity index (χ3n) is 2.53. The number of hydrogen-bond donors (Lipinski definition) is 2. The standard InChI is InChI=1S/C12H20ClN3O2S/c1-12(2,3)5-6-16-19(17,18)9-7-10(13)11(14-4)15-8-9/h7-8,16H,5-6H2,1-4H3,(H,14,15). The highest BCUT2D eigenvalue weighted by Gasteiger charge is 2.17. The van der Waals surface area contributed by atoms with Gasteiger partial charge in [0.25, 0.3) is 0 Å². The lowest BCUT2D eigenvalue weighted by Gasteiger charge is -2.18. The van der Waals surface area contributed by atoms with Crippen LogP contribution in [-0.4, -0.2) is 27.0 Å². The van der Waals surface area contributed by atoms with Crippen molar-refractivity contribution in [3.63, 3.8) is 0 Å². The smallest absolute Gasteiger partial charge is 0.242 e. The third-order valence-corrected chi connectivity index (χ3v) is 4.25. The Morgan fingerprint density at radius 1 is 1.37 bits per heavy atom. The van der Waals surface area contributed by atoms with Crippen LogP contribution in [-0.2, 0) is 10.0 Å². The van der Waals surface area contributed by atoms with Crippen LogP contribution in [0.25, 0.3) is 0 Å². The van der Waals surface area contributed by atoms with Crippen LogP contribution in [0.1, 0.15) is 27.2 Å². The van der Waals surface area contributed by atoms with Gasteiger partial charge in [0, 0.05) is 19.8 Å². The van der Waals surface area contributed by atoms with E-state index in [0.717, 1.165) is 6.42 Å². The summed E-state index contributed by atoms with van der Waals surface area (Å²) in [6, 6.07) is 1.39. The maximum Gasteiger partial charge on any atom is 0.242 e. The Morgan fingerprint density at radius 3 is 2.47 bits per heavy atom. The summed E-state index contributed by atoms with van der Waals surface area (Å²) in [5, 5.41) is 3.06. The van der Waals surface area contributed by atoms with E-state index >= 15 is 0 Å². The summed E-state index contributed by atoms with van der Waals surface area (Å²) in [5.41, 5.74) is 0.0778. The Labute approximate surface area is 119 Å². The van der Waals surface area contributed by atoms with Gasteiger partial charge in [-0.15, -0.1) is 0 Å². The number of aromatic nitrogens is 1. The van der Waals surface area contributed by atoms with E-state index in [1.54, 1.807) is 7.05 Å². The Balaban J connectivity index is 2.80. The van der Waals surface area contributed by atoms with Crippen LogP contribution >= 0.6 is 11.6 Å². The molecule has 2 N–H and O–H groups in total. The average Bonchev–Trinajstić information content (AvgIpc) is 2.26. The van der Waals surface area contributed by atoms with E-state index in [-0.39, 0.29) is 15.3 Å². The summed E-state index contributed by atoms with van der Waals surface area (Å²) in [4.78, 5) is 4.03. The first kappa shape index (κ1) is 16.2. The topological polar surface area (TPSA) is 71.1 Å². The summed E-state index contributed by atoms with van der Waals surface area (Å²) >= 11 is 5.92. The van der Waals surface area contributed by atoms with Crippen LogP contribution < -0.4 is 10.0 Å². The van der Waals surface area contributed by atoms with Crippen molar-refractivity contribution in [3.05, 3.63) is 17.3 Å². The number of halogens is 1. The minimum Gasteiger partial charge on any atom is -0.372 e. The highest BCUT2D eigenvalue weighted by molar-refractivity contribution is 7.89. The highest BCUT2D eigenvalue weighted by Crippen LogP contribution is 2.22. The zero-order valence-corrected chi connectivity index (χ0v) is 13.2. The number of anilines is 1. The molecule has 0 amide bonds. The monoisotopic (exact) mass is 305 g/mol. The second kappa shape index (κ2) is 6.07. The van der Waals surface area contributed by atoms with Crippen molar-refractivity contribution < 1.29 is 8.42 Å². The molecule has 0 aliphatic rings. The third kappa shape index (κ3) is 4.97. The molecule has 1 aromatic heterocycles. The first-order valence-electron chi connectivity index (χ1n) is 5.99. The molecule has 0 bridgehead atoms. The largest absolute Gasteiger partial charge is 0.372 e. The van der Waals surface area contributed by atoms with Crippen molar-refractivity contribution in [2.45, 2.75) is 32.1 Å². The molecule has 0 unspecified atom stereocenters. The molecular formula is C12H20ClN3O2S. The van der Waals surface area contributed by atoms with Gasteiger partial charge in [-0.2, -0.15) is 0 Å². The number of pyridine rings is 1. The van der Waals surface area contributed by atoms with E-state index in [9.17, 15) is 8.42 Å². The lowest BCUT2D eigenvalue weighted by molar-refractivity contribution is 0.378. The number of nitrogens with one attached hydrogen (secondary N) is 2. The quantitative estimate of drug-likeness (QED) is 0.877. The van der Waals surface area contributed by atoms with E-state index in [2.05, 4.69) is 35.8 Å². The van der Waals surface area contributed by atoms with Crippen molar-refractivity contribution in [2.24, 2.45) is 5.41 Å². The number of rotatable bonds is 5. The van der Waals surface area contributed by atoms with Crippen LogP contribution in [0.3, 0.4) is 0 Å². The minimum absolute atomic E-state index is 0.0745. The molecule has 0 aromatic carbocycles. The normalized spacial score (nSPS) is 12.5. The molecule has 0 saturated heterocycles. The molecule has 0 atom stereocenters. The van der Waals surface area contributed by atoms with Crippen LogP contribution in [0.5, 0.6) is 0 Å². The van der Waals surface area contributed by atoms with Gasteiger partial charge in [-0.3, -0.25) is 0 Å². The van der Waals surface area contributed by atoms with Crippen molar-refractivity contribution in [1.29, 1.82) is 0 Å². The lowest BCUT2D eigenvalue weighted by atomic mass is 9.93. The highest BCUT2D eigenvalue weighted by atomic mass is 35.5. The summed E-state index contributed by atoms with van der Waals surface area (Å²) in [7, 11) is -1.88. The average molecular weight is 306 g/mol. The molecule has 1 rings (SSSR count). The molecule has 0 aliphatic heterocycles. The van der Waals surface area contributed by atoms with Gasteiger partial charge in [-0.1, -0.05) is 32.4 Å². The molecule has 0 spiro atoms. The molecule has 0 aliphatic carbocycles. The predicted octanol–water partition coefficient (Wildman–Crippen LogP) is 2.49. The molecule has 0 fully saturated rings. The first-order valence-corrected chi connectivity index (χ1v) is 7.85. The molecule has 1 aromatic rings. The van der Waals surface area contributed by atoms with Crippen molar-refractivity contribution in [2.75, 3.05) is 18.9 Å². The van der Waals surface area contributed by atoms with Gasteiger partial charge >= 0.3 is 0 Å². The van der Waals surface area contributed by atoms with E-state index in [4.69, 9.17) is 11.6 Å². The van der Waals surface area contributed by atoms with Gasteiger partial charge in [0.2, 0.25) is 10.0 Å².